The van der Waals surface area contributed by atoms with Gasteiger partial charge in [-0.15, -0.1) is 10.2 Å². The van der Waals surface area contributed by atoms with Crippen LogP contribution in [0.2, 0.25) is 0 Å². The third-order valence-electron chi connectivity index (χ3n) is 5.98. The molecular formula is C22H25N5O2. The molecule has 150 valence electrons. The van der Waals surface area contributed by atoms with Crippen LogP contribution in [0.5, 0.6) is 0 Å². The first-order valence-corrected chi connectivity index (χ1v) is 10.5. The summed E-state index contributed by atoms with van der Waals surface area (Å²) in [7, 11) is 0. The minimum Gasteiger partial charge on any atom is -0.417 e. The highest BCUT2D eigenvalue weighted by molar-refractivity contribution is 5.92. The fourth-order valence-electron chi connectivity index (χ4n) is 4.48. The highest BCUT2D eigenvalue weighted by atomic mass is 16.4. The van der Waals surface area contributed by atoms with Crippen molar-refractivity contribution < 1.29 is 9.21 Å². The quantitative estimate of drug-likeness (QED) is 0.678. The normalized spacial score (nSPS) is 20.4. The fourth-order valence-corrected chi connectivity index (χ4v) is 4.48. The highest BCUT2D eigenvalue weighted by Gasteiger charge is 2.34. The summed E-state index contributed by atoms with van der Waals surface area (Å²) >= 11 is 0. The van der Waals surface area contributed by atoms with Crippen LogP contribution in [0.3, 0.4) is 0 Å². The number of aromatic nitrogens is 3. The lowest BCUT2D eigenvalue weighted by Gasteiger charge is -2.29. The van der Waals surface area contributed by atoms with Crippen LogP contribution in [0.4, 0.5) is 0 Å². The van der Waals surface area contributed by atoms with Gasteiger partial charge in [0.2, 0.25) is 11.8 Å². The van der Waals surface area contributed by atoms with E-state index in [0.29, 0.717) is 24.0 Å². The van der Waals surface area contributed by atoms with Gasteiger partial charge in [-0.05, 0) is 50.2 Å². The summed E-state index contributed by atoms with van der Waals surface area (Å²) in [6.45, 7) is 3.27. The van der Waals surface area contributed by atoms with Crippen molar-refractivity contribution >= 4 is 16.7 Å². The number of piperidine rings is 1. The van der Waals surface area contributed by atoms with Gasteiger partial charge in [-0.1, -0.05) is 30.7 Å². The first kappa shape index (κ1) is 18.2. The monoisotopic (exact) mass is 391 g/mol. The lowest BCUT2D eigenvalue weighted by molar-refractivity contribution is -0.134. The third kappa shape index (κ3) is 3.62. The van der Waals surface area contributed by atoms with Crippen LogP contribution in [0, 0.1) is 0 Å². The molecule has 0 saturated carbocycles. The van der Waals surface area contributed by atoms with E-state index >= 15 is 0 Å². The van der Waals surface area contributed by atoms with Crippen molar-refractivity contribution in [1.82, 2.24) is 25.0 Å². The molecule has 3 aromatic rings. The van der Waals surface area contributed by atoms with Crippen LogP contribution in [0.15, 0.2) is 40.9 Å². The smallest absolute Gasteiger partial charge is 0.267 e. The number of hydrogen-bond acceptors (Lipinski definition) is 6. The van der Waals surface area contributed by atoms with Crippen molar-refractivity contribution in [3.8, 4) is 11.6 Å². The van der Waals surface area contributed by atoms with Gasteiger partial charge in [-0.3, -0.25) is 14.7 Å². The molecule has 1 unspecified atom stereocenters. The van der Waals surface area contributed by atoms with E-state index < -0.39 is 0 Å². The number of likely N-dealkylation sites (tertiary alicyclic amines) is 2. The van der Waals surface area contributed by atoms with E-state index in [0.717, 1.165) is 43.2 Å². The molecule has 0 bridgehead atoms. The lowest BCUT2D eigenvalue weighted by Crippen LogP contribution is -2.42. The van der Waals surface area contributed by atoms with E-state index in [4.69, 9.17) is 4.42 Å². The van der Waals surface area contributed by atoms with Crippen molar-refractivity contribution in [2.24, 2.45) is 0 Å². The molecule has 0 N–H and O–H groups in total. The highest BCUT2D eigenvalue weighted by Crippen LogP contribution is 2.33. The maximum Gasteiger partial charge on any atom is 0.267 e. The molecule has 2 aliphatic rings. The summed E-state index contributed by atoms with van der Waals surface area (Å²) in [4.78, 5) is 21.6. The standard InChI is InChI=1S/C22H25N5O2/c28-19(15-26-12-4-1-5-13-26)27-14-6-9-18(27)21-24-25-22(29-21)20-17-8-3-2-7-16(17)10-11-23-20/h2-3,7-8,10-11,18H,1,4-6,9,12-15H2. The summed E-state index contributed by atoms with van der Waals surface area (Å²) in [5.74, 6) is 1.09. The lowest BCUT2D eigenvalue weighted by atomic mass is 10.1. The minimum absolute atomic E-state index is 0.136. The van der Waals surface area contributed by atoms with Crippen LogP contribution >= 0.6 is 0 Å². The first-order chi connectivity index (χ1) is 14.3. The average molecular weight is 391 g/mol. The molecule has 1 aromatic carbocycles. The molecule has 5 rings (SSSR count). The van der Waals surface area contributed by atoms with E-state index in [2.05, 4.69) is 20.1 Å². The summed E-state index contributed by atoms with van der Waals surface area (Å²) in [6.07, 6.45) is 7.20. The predicted molar refractivity (Wildman–Crippen MR) is 109 cm³/mol. The molecule has 0 spiro atoms. The average Bonchev–Trinajstić information content (AvgIpc) is 3.43. The molecular weight excluding hydrogens is 366 g/mol. The van der Waals surface area contributed by atoms with Gasteiger partial charge in [-0.2, -0.15) is 0 Å². The summed E-state index contributed by atoms with van der Waals surface area (Å²) in [5, 5.41) is 10.6. The summed E-state index contributed by atoms with van der Waals surface area (Å²) in [6, 6.07) is 9.84. The Balaban J connectivity index is 1.37. The van der Waals surface area contributed by atoms with Crippen molar-refractivity contribution in [3.63, 3.8) is 0 Å². The van der Waals surface area contributed by atoms with Gasteiger partial charge in [0.05, 0.1) is 6.54 Å². The molecule has 1 atom stereocenters. The van der Waals surface area contributed by atoms with Crippen LogP contribution < -0.4 is 0 Å². The second-order valence-electron chi connectivity index (χ2n) is 7.91. The molecule has 7 heteroatoms. The Hall–Kier alpha value is -2.80. The number of rotatable bonds is 4. The largest absolute Gasteiger partial charge is 0.417 e. The zero-order chi connectivity index (χ0) is 19.6. The Morgan fingerprint density at radius 1 is 1.03 bits per heavy atom. The van der Waals surface area contributed by atoms with Gasteiger partial charge in [-0.25, -0.2) is 0 Å². The van der Waals surface area contributed by atoms with Gasteiger partial charge < -0.3 is 9.32 Å². The first-order valence-electron chi connectivity index (χ1n) is 10.5. The van der Waals surface area contributed by atoms with Crippen LogP contribution in [-0.4, -0.2) is 57.1 Å². The van der Waals surface area contributed by atoms with E-state index in [1.807, 2.05) is 35.2 Å². The van der Waals surface area contributed by atoms with Gasteiger partial charge in [0.1, 0.15) is 11.7 Å². The number of pyridine rings is 1. The Kier molecular flexibility index (Phi) is 4.97. The van der Waals surface area contributed by atoms with E-state index in [-0.39, 0.29) is 11.9 Å². The molecule has 7 nitrogen and oxygen atoms in total. The van der Waals surface area contributed by atoms with Gasteiger partial charge in [0.15, 0.2) is 0 Å². The van der Waals surface area contributed by atoms with Crippen molar-refractivity contribution in [1.29, 1.82) is 0 Å². The van der Waals surface area contributed by atoms with Gasteiger partial charge in [0, 0.05) is 18.1 Å². The number of nitrogens with zero attached hydrogens (tertiary/aromatic N) is 5. The SMILES string of the molecule is O=C(CN1CCCCC1)N1CCCC1c1nnc(-c2nccc3ccccc23)o1. The van der Waals surface area contributed by atoms with Crippen molar-refractivity contribution in [3.05, 3.63) is 42.4 Å². The fraction of sp³-hybridized carbons (Fsp3) is 0.455. The number of hydrogen-bond donors (Lipinski definition) is 0. The zero-order valence-corrected chi connectivity index (χ0v) is 16.5. The Bertz CT molecular complexity index is 1010. The zero-order valence-electron chi connectivity index (χ0n) is 16.5. The molecule has 4 heterocycles. The molecule has 1 amide bonds. The molecule has 29 heavy (non-hydrogen) atoms. The molecule has 0 radical (unpaired) electrons. The van der Waals surface area contributed by atoms with Crippen LogP contribution in [0.25, 0.3) is 22.4 Å². The number of carbonyl (C=O) groups is 1. The van der Waals surface area contributed by atoms with Crippen molar-refractivity contribution in [2.45, 2.75) is 38.1 Å². The van der Waals surface area contributed by atoms with Crippen LogP contribution in [0.1, 0.15) is 44.0 Å². The second-order valence-corrected chi connectivity index (χ2v) is 7.91. The molecule has 2 aromatic heterocycles. The predicted octanol–water partition coefficient (Wildman–Crippen LogP) is 3.43. The number of benzene rings is 1. The van der Waals surface area contributed by atoms with Crippen LogP contribution in [-0.2, 0) is 4.79 Å². The molecule has 2 saturated heterocycles. The minimum atomic E-state index is -0.136. The number of fused-ring (bicyclic) bond motifs is 1. The van der Waals surface area contributed by atoms with E-state index in [9.17, 15) is 4.79 Å². The molecule has 2 fully saturated rings. The van der Waals surface area contributed by atoms with E-state index in [1.54, 1.807) is 6.20 Å². The maximum atomic E-state index is 12.9. The van der Waals surface area contributed by atoms with Gasteiger partial charge in [0.25, 0.3) is 5.89 Å². The van der Waals surface area contributed by atoms with E-state index in [1.165, 1.54) is 19.3 Å². The molecule has 2 aliphatic heterocycles. The Morgan fingerprint density at radius 2 is 1.90 bits per heavy atom. The third-order valence-corrected chi connectivity index (χ3v) is 5.98. The number of amides is 1. The van der Waals surface area contributed by atoms with Gasteiger partial charge >= 0.3 is 0 Å². The second kappa shape index (κ2) is 7.91. The van der Waals surface area contributed by atoms with Crippen molar-refractivity contribution in [2.75, 3.05) is 26.2 Å². The Labute approximate surface area is 169 Å². The Morgan fingerprint density at radius 3 is 2.79 bits per heavy atom. The topological polar surface area (TPSA) is 75.4 Å². The summed E-state index contributed by atoms with van der Waals surface area (Å²) in [5.41, 5.74) is 0.686. The molecule has 0 aliphatic carbocycles. The number of carbonyl (C=O) groups excluding carboxylic acids is 1. The maximum absolute atomic E-state index is 12.9. The summed E-state index contributed by atoms with van der Waals surface area (Å²) < 4.78 is 6.04.